The molecule has 1 fully saturated rings. The van der Waals surface area contributed by atoms with Gasteiger partial charge in [0.15, 0.2) is 0 Å². The lowest BCUT2D eigenvalue weighted by atomic mass is 9.97. The third kappa shape index (κ3) is 4.04. The van der Waals surface area contributed by atoms with Gasteiger partial charge in [0.1, 0.15) is 11.6 Å². The van der Waals surface area contributed by atoms with Crippen LogP contribution >= 0.6 is 0 Å². The Balaban J connectivity index is 2.03. The van der Waals surface area contributed by atoms with Crippen LogP contribution in [0.15, 0.2) is 0 Å². The normalized spacial score (nSPS) is 19.0. The highest BCUT2D eigenvalue weighted by Crippen LogP contribution is 2.26. The molecule has 1 aromatic rings. The minimum atomic E-state index is 0.169. The number of amides is 1. The van der Waals surface area contributed by atoms with E-state index in [4.69, 9.17) is 4.74 Å². The van der Waals surface area contributed by atoms with Crippen molar-refractivity contribution in [1.29, 1.82) is 0 Å². The molecule has 0 spiro atoms. The topological polar surface area (TPSA) is 63.5 Å². The van der Waals surface area contributed by atoms with E-state index < -0.39 is 0 Å². The lowest BCUT2D eigenvalue weighted by Gasteiger charge is -2.32. The Morgan fingerprint density at radius 3 is 2.86 bits per heavy atom. The van der Waals surface area contributed by atoms with E-state index in [-0.39, 0.29) is 11.8 Å². The number of carbonyl (C=O) groups excluding carboxylic acids is 1. The van der Waals surface area contributed by atoms with E-state index in [9.17, 15) is 4.79 Å². The summed E-state index contributed by atoms with van der Waals surface area (Å²) >= 11 is 0. The van der Waals surface area contributed by atoms with Crippen molar-refractivity contribution in [2.45, 2.75) is 31.7 Å². The van der Waals surface area contributed by atoms with Gasteiger partial charge in [0.05, 0.1) is 19.6 Å². The number of nitrogens with zero attached hydrogens (tertiary/aromatic N) is 5. The number of rotatable bonds is 6. The number of hydrogen-bond donors (Lipinski definition) is 0. The number of aromatic nitrogens is 3. The van der Waals surface area contributed by atoms with Crippen LogP contribution in [0, 0.1) is 0 Å². The first kappa shape index (κ1) is 16.9. The van der Waals surface area contributed by atoms with Crippen molar-refractivity contribution in [3.63, 3.8) is 0 Å². The maximum absolute atomic E-state index is 12.2. The van der Waals surface area contributed by atoms with Crippen LogP contribution in [0.5, 0.6) is 0 Å². The van der Waals surface area contributed by atoms with Gasteiger partial charge in [-0.25, -0.2) is 0 Å². The Hall–Kier alpha value is -1.47. The van der Waals surface area contributed by atoms with E-state index in [1.807, 2.05) is 26.0 Å². The summed E-state index contributed by atoms with van der Waals surface area (Å²) in [7, 11) is 7.67. The van der Waals surface area contributed by atoms with Gasteiger partial charge in [0.2, 0.25) is 5.91 Å². The second-order valence-electron chi connectivity index (χ2n) is 6.19. The zero-order valence-corrected chi connectivity index (χ0v) is 14.1. The monoisotopic (exact) mass is 309 g/mol. The Bertz CT molecular complexity index is 500. The molecule has 22 heavy (non-hydrogen) atoms. The fourth-order valence-electron chi connectivity index (χ4n) is 2.91. The summed E-state index contributed by atoms with van der Waals surface area (Å²) in [5.74, 6) is 2.39. The van der Waals surface area contributed by atoms with Gasteiger partial charge in [0, 0.05) is 33.2 Å². The Morgan fingerprint density at radius 1 is 1.41 bits per heavy atom. The second kappa shape index (κ2) is 7.69. The molecule has 1 aliphatic heterocycles. The first-order valence-corrected chi connectivity index (χ1v) is 7.82. The van der Waals surface area contributed by atoms with Gasteiger partial charge >= 0.3 is 0 Å². The van der Waals surface area contributed by atoms with Crippen molar-refractivity contribution >= 4 is 5.91 Å². The highest BCUT2D eigenvalue weighted by molar-refractivity contribution is 5.76. The quantitative estimate of drug-likeness (QED) is 0.771. The highest BCUT2D eigenvalue weighted by Gasteiger charge is 2.28. The molecule has 1 saturated heterocycles. The number of hydrogen-bond acceptors (Lipinski definition) is 5. The van der Waals surface area contributed by atoms with Crippen LogP contribution in [-0.2, 0) is 23.1 Å². The van der Waals surface area contributed by atoms with Gasteiger partial charge in [-0.2, -0.15) is 0 Å². The molecule has 1 aromatic heterocycles. The van der Waals surface area contributed by atoms with E-state index in [0.717, 1.165) is 44.1 Å². The van der Waals surface area contributed by atoms with Gasteiger partial charge in [-0.15, -0.1) is 10.2 Å². The zero-order valence-electron chi connectivity index (χ0n) is 14.1. The summed E-state index contributed by atoms with van der Waals surface area (Å²) in [5, 5.41) is 8.67. The van der Waals surface area contributed by atoms with Crippen LogP contribution in [-0.4, -0.2) is 71.4 Å². The number of piperidine rings is 1. The molecule has 2 heterocycles. The third-order valence-corrected chi connectivity index (χ3v) is 4.12. The Morgan fingerprint density at radius 2 is 2.18 bits per heavy atom. The SMILES string of the molecule is COCCC(=O)N1CCC[C@H](c2nnc(CN(C)C)n2C)C1. The van der Waals surface area contributed by atoms with Crippen LogP contribution in [0.25, 0.3) is 0 Å². The first-order valence-electron chi connectivity index (χ1n) is 7.82. The number of methoxy groups -OCH3 is 1. The van der Waals surface area contributed by atoms with Gasteiger partial charge in [-0.1, -0.05) is 0 Å². The van der Waals surface area contributed by atoms with Crippen LogP contribution in [0.1, 0.15) is 36.8 Å². The molecule has 0 aliphatic carbocycles. The fraction of sp³-hybridized carbons (Fsp3) is 0.800. The maximum atomic E-state index is 12.2. The molecule has 0 radical (unpaired) electrons. The molecular formula is C15H27N5O2. The minimum Gasteiger partial charge on any atom is -0.384 e. The van der Waals surface area contributed by atoms with Gasteiger partial charge in [0.25, 0.3) is 0 Å². The molecule has 1 amide bonds. The van der Waals surface area contributed by atoms with Crippen molar-refractivity contribution in [3.8, 4) is 0 Å². The number of ether oxygens (including phenoxy) is 1. The van der Waals surface area contributed by atoms with Crippen LogP contribution < -0.4 is 0 Å². The summed E-state index contributed by atoms with van der Waals surface area (Å²) in [5.41, 5.74) is 0. The fourth-order valence-corrected chi connectivity index (χ4v) is 2.91. The molecule has 0 aromatic carbocycles. The highest BCUT2D eigenvalue weighted by atomic mass is 16.5. The molecule has 0 unspecified atom stereocenters. The largest absolute Gasteiger partial charge is 0.384 e. The Kier molecular flexibility index (Phi) is 5.90. The van der Waals surface area contributed by atoms with E-state index in [1.165, 1.54) is 0 Å². The molecule has 1 atom stereocenters. The van der Waals surface area contributed by atoms with Crippen LogP contribution in [0.2, 0.25) is 0 Å². The maximum Gasteiger partial charge on any atom is 0.224 e. The summed E-state index contributed by atoms with van der Waals surface area (Å²) in [6.07, 6.45) is 2.52. The summed E-state index contributed by atoms with van der Waals surface area (Å²) < 4.78 is 7.07. The molecule has 0 bridgehead atoms. The number of likely N-dealkylation sites (tertiary alicyclic amines) is 1. The zero-order chi connectivity index (χ0) is 16.1. The molecule has 124 valence electrons. The van der Waals surface area contributed by atoms with E-state index >= 15 is 0 Å². The lowest BCUT2D eigenvalue weighted by molar-refractivity contribution is -0.133. The molecule has 7 heteroatoms. The van der Waals surface area contributed by atoms with E-state index in [1.54, 1.807) is 7.11 Å². The van der Waals surface area contributed by atoms with E-state index in [0.29, 0.717) is 13.0 Å². The van der Waals surface area contributed by atoms with Gasteiger partial charge in [-0.3, -0.25) is 4.79 Å². The molecule has 7 nitrogen and oxygen atoms in total. The molecule has 0 saturated carbocycles. The first-order chi connectivity index (χ1) is 10.5. The van der Waals surface area contributed by atoms with Crippen LogP contribution in [0.3, 0.4) is 0 Å². The smallest absolute Gasteiger partial charge is 0.224 e. The van der Waals surface area contributed by atoms with Gasteiger partial charge < -0.3 is 19.1 Å². The average Bonchev–Trinajstić information content (AvgIpc) is 2.85. The van der Waals surface area contributed by atoms with Crippen LogP contribution in [0.4, 0.5) is 0 Å². The van der Waals surface area contributed by atoms with Crippen molar-refractivity contribution < 1.29 is 9.53 Å². The molecule has 0 N–H and O–H groups in total. The molecule has 1 aliphatic rings. The summed E-state index contributed by atoms with van der Waals surface area (Å²) in [6.45, 7) is 2.82. The van der Waals surface area contributed by atoms with E-state index in [2.05, 4.69) is 19.7 Å². The lowest BCUT2D eigenvalue weighted by Crippen LogP contribution is -2.40. The van der Waals surface area contributed by atoms with Crippen molar-refractivity contribution in [1.82, 2.24) is 24.6 Å². The summed E-state index contributed by atoms with van der Waals surface area (Å²) in [4.78, 5) is 16.2. The number of carbonyl (C=O) groups is 1. The third-order valence-electron chi connectivity index (χ3n) is 4.12. The Labute approximate surface area is 132 Å². The standard InChI is InChI=1S/C15H27N5O2/c1-18(2)11-13-16-17-15(19(13)3)12-6-5-8-20(10-12)14(21)7-9-22-4/h12H,5-11H2,1-4H3/t12-/m0/s1. The average molecular weight is 309 g/mol. The second-order valence-corrected chi connectivity index (χ2v) is 6.19. The van der Waals surface area contributed by atoms with Gasteiger partial charge in [-0.05, 0) is 26.9 Å². The predicted molar refractivity (Wildman–Crippen MR) is 83.4 cm³/mol. The van der Waals surface area contributed by atoms with Crippen molar-refractivity contribution in [2.75, 3.05) is 40.9 Å². The van der Waals surface area contributed by atoms with Crippen molar-refractivity contribution in [3.05, 3.63) is 11.6 Å². The predicted octanol–water partition coefficient (Wildman–Crippen LogP) is 0.619. The summed E-state index contributed by atoms with van der Waals surface area (Å²) in [6, 6.07) is 0. The van der Waals surface area contributed by atoms with Crippen molar-refractivity contribution in [2.24, 2.45) is 7.05 Å². The molecule has 2 rings (SSSR count). The molecular weight excluding hydrogens is 282 g/mol. The minimum absolute atomic E-state index is 0.169.